The van der Waals surface area contributed by atoms with Crippen LogP contribution >= 0.6 is 11.8 Å². The first-order valence-electron chi connectivity index (χ1n) is 7.30. The molecule has 1 unspecified atom stereocenters. The predicted octanol–water partition coefficient (Wildman–Crippen LogP) is 3.50. The minimum absolute atomic E-state index is 0.208. The third-order valence-corrected chi connectivity index (χ3v) is 4.50. The number of amides is 1. The second-order valence-electron chi connectivity index (χ2n) is 5.57. The van der Waals surface area contributed by atoms with Crippen molar-refractivity contribution in [2.75, 3.05) is 25.1 Å². The van der Waals surface area contributed by atoms with Crippen molar-refractivity contribution in [3.05, 3.63) is 35.4 Å². The number of thioether (sulfide) groups is 1. The van der Waals surface area contributed by atoms with Crippen LogP contribution in [0.4, 0.5) is 8.78 Å². The van der Waals surface area contributed by atoms with E-state index in [-0.39, 0.29) is 5.91 Å². The van der Waals surface area contributed by atoms with Crippen molar-refractivity contribution in [3.8, 4) is 0 Å². The van der Waals surface area contributed by atoms with Crippen LogP contribution < -0.4 is 0 Å². The zero-order chi connectivity index (χ0) is 15.2. The highest BCUT2D eigenvalue weighted by Crippen LogP contribution is 2.22. The summed E-state index contributed by atoms with van der Waals surface area (Å²) >= 11 is 1.55. The third kappa shape index (κ3) is 4.70. The number of hydrogen-bond donors (Lipinski definition) is 0. The molecule has 2 rings (SSSR count). The van der Waals surface area contributed by atoms with Gasteiger partial charge in [-0.05, 0) is 55.6 Å². The summed E-state index contributed by atoms with van der Waals surface area (Å²) in [6, 6.07) is 4.09. The van der Waals surface area contributed by atoms with Gasteiger partial charge in [-0.15, -0.1) is 0 Å². The Labute approximate surface area is 128 Å². The molecule has 1 amide bonds. The molecule has 0 aromatic heterocycles. The Morgan fingerprint density at radius 1 is 1.38 bits per heavy atom. The number of carbonyl (C=O) groups excluding carboxylic acids is 1. The molecule has 1 atom stereocenters. The standard InChI is InChI=1S/C16H21F2NOS/c1-21-11-16(20)19-8-2-3-13(10-19)5-4-12-6-7-14(17)15(18)9-12/h6-7,9,13H,2-5,8,10-11H2,1H3. The van der Waals surface area contributed by atoms with Gasteiger partial charge < -0.3 is 4.90 Å². The number of nitrogens with zero attached hydrogens (tertiary/aromatic N) is 1. The average molecular weight is 313 g/mol. The molecule has 1 aliphatic rings. The summed E-state index contributed by atoms with van der Waals surface area (Å²) in [5.74, 6) is -0.383. The number of halogens is 2. The number of aryl methyl sites for hydroxylation is 1. The van der Waals surface area contributed by atoms with Crippen LogP contribution in [0.3, 0.4) is 0 Å². The number of rotatable bonds is 5. The summed E-state index contributed by atoms with van der Waals surface area (Å²) in [5.41, 5.74) is 0.821. The smallest absolute Gasteiger partial charge is 0.232 e. The van der Waals surface area contributed by atoms with Crippen LogP contribution in [-0.2, 0) is 11.2 Å². The second-order valence-corrected chi connectivity index (χ2v) is 6.43. The molecule has 1 aliphatic heterocycles. The molecule has 0 aliphatic carbocycles. The van der Waals surface area contributed by atoms with Crippen molar-refractivity contribution in [1.29, 1.82) is 0 Å². The maximum absolute atomic E-state index is 13.2. The van der Waals surface area contributed by atoms with Crippen molar-refractivity contribution in [3.63, 3.8) is 0 Å². The number of carbonyl (C=O) groups is 1. The molecule has 1 heterocycles. The van der Waals surface area contributed by atoms with E-state index in [2.05, 4.69) is 0 Å². The minimum atomic E-state index is -0.801. The van der Waals surface area contributed by atoms with Crippen LogP contribution in [0.15, 0.2) is 18.2 Å². The summed E-state index contributed by atoms with van der Waals surface area (Å²) < 4.78 is 26.1. The van der Waals surface area contributed by atoms with Crippen molar-refractivity contribution in [2.45, 2.75) is 25.7 Å². The average Bonchev–Trinajstić information content (AvgIpc) is 2.49. The van der Waals surface area contributed by atoms with Gasteiger partial charge in [0.15, 0.2) is 11.6 Å². The van der Waals surface area contributed by atoms with E-state index in [0.29, 0.717) is 11.7 Å². The molecule has 0 N–H and O–H groups in total. The molecular weight excluding hydrogens is 292 g/mol. The lowest BCUT2D eigenvalue weighted by Gasteiger charge is -2.32. The highest BCUT2D eigenvalue weighted by atomic mass is 32.2. The molecule has 5 heteroatoms. The maximum atomic E-state index is 13.2. The molecule has 21 heavy (non-hydrogen) atoms. The van der Waals surface area contributed by atoms with Gasteiger partial charge in [0.25, 0.3) is 0 Å². The topological polar surface area (TPSA) is 20.3 Å². The third-order valence-electron chi connectivity index (χ3n) is 3.96. The maximum Gasteiger partial charge on any atom is 0.232 e. The zero-order valence-corrected chi connectivity index (χ0v) is 13.1. The lowest BCUT2D eigenvalue weighted by Crippen LogP contribution is -2.40. The summed E-state index contributed by atoms with van der Waals surface area (Å²) in [4.78, 5) is 13.9. The van der Waals surface area contributed by atoms with Crippen LogP contribution in [0.5, 0.6) is 0 Å². The Bertz CT molecular complexity index is 495. The van der Waals surface area contributed by atoms with E-state index in [1.165, 1.54) is 12.1 Å². The van der Waals surface area contributed by atoms with Gasteiger partial charge in [-0.25, -0.2) is 8.78 Å². The molecule has 1 fully saturated rings. The quantitative estimate of drug-likeness (QED) is 0.829. The van der Waals surface area contributed by atoms with Crippen molar-refractivity contribution < 1.29 is 13.6 Å². The van der Waals surface area contributed by atoms with Crippen molar-refractivity contribution >= 4 is 17.7 Å². The molecule has 1 saturated heterocycles. The van der Waals surface area contributed by atoms with Crippen LogP contribution in [0.2, 0.25) is 0 Å². The first-order valence-corrected chi connectivity index (χ1v) is 8.70. The number of hydrogen-bond acceptors (Lipinski definition) is 2. The van der Waals surface area contributed by atoms with E-state index in [1.54, 1.807) is 17.8 Å². The normalized spacial score (nSPS) is 18.8. The zero-order valence-electron chi connectivity index (χ0n) is 12.3. The van der Waals surface area contributed by atoms with Gasteiger partial charge in [0.05, 0.1) is 5.75 Å². The second kappa shape index (κ2) is 7.78. The molecule has 1 aromatic carbocycles. The molecule has 0 bridgehead atoms. The van der Waals surface area contributed by atoms with Crippen molar-refractivity contribution in [2.24, 2.45) is 5.92 Å². The lowest BCUT2D eigenvalue weighted by molar-refractivity contribution is -0.130. The van der Waals surface area contributed by atoms with Crippen LogP contribution in [0.1, 0.15) is 24.8 Å². The minimum Gasteiger partial charge on any atom is -0.342 e. The van der Waals surface area contributed by atoms with Gasteiger partial charge in [-0.3, -0.25) is 4.79 Å². The van der Waals surface area contributed by atoms with Crippen LogP contribution in [0, 0.1) is 17.6 Å². The van der Waals surface area contributed by atoms with Gasteiger partial charge in [0, 0.05) is 13.1 Å². The highest BCUT2D eigenvalue weighted by molar-refractivity contribution is 7.99. The fourth-order valence-corrected chi connectivity index (χ4v) is 3.24. The molecule has 2 nitrogen and oxygen atoms in total. The van der Waals surface area contributed by atoms with Gasteiger partial charge >= 0.3 is 0 Å². The fourth-order valence-electron chi connectivity index (χ4n) is 2.81. The van der Waals surface area contributed by atoms with Gasteiger partial charge in [0.2, 0.25) is 5.91 Å². The van der Waals surface area contributed by atoms with E-state index in [1.807, 2.05) is 11.2 Å². The summed E-state index contributed by atoms with van der Waals surface area (Å²) in [6.07, 6.45) is 5.71. The van der Waals surface area contributed by atoms with Gasteiger partial charge in [0.1, 0.15) is 0 Å². The van der Waals surface area contributed by atoms with Crippen molar-refractivity contribution in [1.82, 2.24) is 4.90 Å². The van der Waals surface area contributed by atoms with Crippen LogP contribution in [0.25, 0.3) is 0 Å². The van der Waals surface area contributed by atoms with E-state index in [0.717, 1.165) is 44.3 Å². The Morgan fingerprint density at radius 3 is 2.90 bits per heavy atom. The predicted molar refractivity (Wildman–Crippen MR) is 82.4 cm³/mol. The Balaban J connectivity index is 1.85. The van der Waals surface area contributed by atoms with E-state index < -0.39 is 11.6 Å². The van der Waals surface area contributed by atoms with Gasteiger partial charge in [-0.1, -0.05) is 6.07 Å². The summed E-state index contributed by atoms with van der Waals surface area (Å²) in [7, 11) is 0. The Kier molecular flexibility index (Phi) is 6.03. The molecule has 0 spiro atoms. The SMILES string of the molecule is CSCC(=O)N1CCCC(CCc2ccc(F)c(F)c2)C1. The van der Waals surface area contributed by atoms with Gasteiger partial charge in [-0.2, -0.15) is 11.8 Å². The number of piperidine rings is 1. The van der Waals surface area contributed by atoms with E-state index in [4.69, 9.17) is 0 Å². The fraction of sp³-hybridized carbons (Fsp3) is 0.562. The monoisotopic (exact) mass is 313 g/mol. The highest BCUT2D eigenvalue weighted by Gasteiger charge is 2.23. The van der Waals surface area contributed by atoms with E-state index >= 15 is 0 Å². The van der Waals surface area contributed by atoms with E-state index in [9.17, 15) is 13.6 Å². The Morgan fingerprint density at radius 2 is 2.19 bits per heavy atom. The van der Waals surface area contributed by atoms with Crippen LogP contribution in [-0.4, -0.2) is 35.9 Å². The lowest BCUT2D eigenvalue weighted by atomic mass is 9.91. The first-order chi connectivity index (χ1) is 10.1. The number of likely N-dealkylation sites (tertiary alicyclic amines) is 1. The largest absolute Gasteiger partial charge is 0.342 e. The Hall–Kier alpha value is -1.10. The molecule has 0 radical (unpaired) electrons. The molecule has 116 valence electrons. The molecule has 1 aromatic rings. The summed E-state index contributed by atoms with van der Waals surface area (Å²) in [6.45, 7) is 1.64. The number of benzene rings is 1. The summed E-state index contributed by atoms with van der Waals surface area (Å²) in [5, 5.41) is 0. The molecule has 0 saturated carbocycles. The first kappa shape index (κ1) is 16.3. The molecular formula is C16H21F2NOS.